The summed E-state index contributed by atoms with van der Waals surface area (Å²) in [7, 11) is 1.18. The maximum atomic E-state index is 12.8. The van der Waals surface area contributed by atoms with Gasteiger partial charge >= 0.3 is 17.9 Å². The molecule has 9 nitrogen and oxygen atoms in total. The van der Waals surface area contributed by atoms with Crippen LogP contribution in [0.2, 0.25) is 0 Å². The minimum absolute atomic E-state index is 0.0360. The van der Waals surface area contributed by atoms with E-state index in [9.17, 15) is 19.5 Å². The second-order valence-corrected chi connectivity index (χ2v) is 8.15. The van der Waals surface area contributed by atoms with Gasteiger partial charge in [-0.15, -0.1) is 0 Å². The monoisotopic (exact) mass is 420 g/mol. The lowest BCUT2D eigenvalue weighted by atomic mass is 9.83. The van der Waals surface area contributed by atoms with Crippen LogP contribution in [0, 0.1) is 5.92 Å². The Bertz CT molecular complexity index is 887. The molecule has 0 aromatic carbocycles. The highest BCUT2D eigenvalue weighted by molar-refractivity contribution is 5.93. The van der Waals surface area contributed by atoms with Crippen LogP contribution in [0.15, 0.2) is 35.5 Å². The van der Waals surface area contributed by atoms with Gasteiger partial charge in [-0.1, -0.05) is 6.58 Å². The molecule has 4 rings (SSSR count). The second-order valence-electron chi connectivity index (χ2n) is 8.15. The Morgan fingerprint density at radius 2 is 1.93 bits per heavy atom. The normalized spacial score (nSPS) is 45.6. The molecule has 0 radical (unpaired) electrons. The van der Waals surface area contributed by atoms with Crippen LogP contribution in [0.25, 0.3) is 0 Å². The quantitative estimate of drug-likeness (QED) is 0.227. The molecule has 1 N–H and O–H groups in total. The number of hydrogen-bond donors (Lipinski definition) is 1. The number of methoxy groups -OCH3 is 1. The van der Waals surface area contributed by atoms with Crippen molar-refractivity contribution in [3.8, 4) is 0 Å². The lowest BCUT2D eigenvalue weighted by Crippen LogP contribution is -2.46. The first kappa shape index (κ1) is 20.8. The van der Waals surface area contributed by atoms with E-state index in [2.05, 4.69) is 6.58 Å². The standard InChI is InChI=1S/C21H24O9/c1-8-6-12-14(9(2)18(23)28-12)17(29-20(25)21(4)10(3)30-21)15(22)11(19(24)26-5)7-13-16(8)27-13/h6-7,10,12-17,22H,2H2,1,3-5H3/b8-6-,11-7+/t10-,12-,13+,14+,15+,16-,17+,21+/m1/s1. The van der Waals surface area contributed by atoms with Gasteiger partial charge < -0.3 is 28.8 Å². The zero-order chi connectivity index (χ0) is 22.0. The van der Waals surface area contributed by atoms with E-state index in [0.717, 1.165) is 5.57 Å². The van der Waals surface area contributed by atoms with Crippen LogP contribution < -0.4 is 0 Å². The summed E-state index contributed by atoms with van der Waals surface area (Å²) in [6, 6.07) is 0. The summed E-state index contributed by atoms with van der Waals surface area (Å²) >= 11 is 0. The van der Waals surface area contributed by atoms with Crippen LogP contribution in [0.3, 0.4) is 0 Å². The van der Waals surface area contributed by atoms with Gasteiger partial charge in [0.05, 0.1) is 24.7 Å². The highest BCUT2D eigenvalue weighted by Gasteiger charge is 2.59. The third kappa shape index (κ3) is 3.27. The fraction of sp³-hybridized carbons (Fsp3) is 0.571. The van der Waals surface area contributed by atoms with Gasteiger partial charge in [0.1, 0.15) is 30.5 Å². The molecule has 3 aliphatic heterocycles. The molecule has 9 heteroatoms. The molecule has 0 bridgehead atoms. The highest BCUT2D eigenvalue weighted by atomic mass is 16.7. The summed E-state index contributed by atoms with van der Waals surface area (Å²) in [5, 5.41) is 11.1. The van der Waals surface area contributed by atoms with Crippen molar-refractivity contribution in [2.45, 2.75) is 63.0 Å². The molecule has 3 saturated heterocycles. The molecule has 30 heavy (non-hydrogen) atoms. The number of ether oxygens (including phenoxy) is 5. The molecule has 0 aromatic rings. The number of esters is 3. The number of hydrogen-bond acceptors (Lipinski definition) is 9. The summed E-state index contributed by atoms with van der Waals surface area (Å²) < 4.78 is 26.8. The van der Waals surface area contributed by atoms with E-state index in [0.29, 0.717) is 0 Å². The van der Waals surface area contributed by atoms with Gasteiger partial charge in [-0.3, -0.25) is 0 Å². The smallest absolute Gasteiger partial charge is 0.341 e. The molecule has 3 fully saturated rings. The molecule has 0 spiro atoms. The van der Waals surface area contributed by atoms with Crippen LogP contribution in [0.5, 0.6) is 0 Å². The van der Waals surface area contributed by atoms with Gasteiger partial charge in [0.2, 0.25) is 0 Å². The summed E-state index contributed by atoms with van der Waals surface area (Å²) in [6.07, 6.45) is -1.75. The Labute approximate surface area is 173 Å². The average molecular weight is 420 g/mol. The van der Waals surface area contributed by atoms with Gasteiger partial charge in [0.15, 0.2) is 5.60 Å². The summed E-state index contributed by atoms with van der Waals surface area (Å²) in [6.45, 7) is 8.86. The fourth-order valence-corrected chi connectivity index (χ4v) is 3.98. The predicted molar refractivity (Wildman–Crippen MR) is 99.9 cm³/mol. The SMILES string of the molecule is C=C1C(=O)O[C@@H]2/C=C(/C)[C@H]3O[C@H]3/C=C(/C(=O)OC)[C@H](O)[C@@H](OC(=O)[C@@]3(C)O[C@@H]3C)[C@@H]12. The Balaban J connectivity index is 1.77. The second kappa shape index (κ2) is 7.04. The Kier molecular flexibility index (Phi) is 4.87. The fourth-order valence-electron chi connectivity index (χ4n) is 3.98. The number of fused-ring (bicyclic) bond motifs is 2. The number of aliphatic hydroxyl groups is 1. The number of epoxide rings is 2. The molecular weight excluding hydrogens is 396 g/mol. The zero-order valence-corrected chi connectivity index (χ0v) is 17.1. The zero-order valence-electron chi connectivity index (χ0n) is 17.1. The Morgan fingerprint density at radius 1 is 1.27 bits per heavy atom. The van der Waals surface area contributed by atoms with Crippen LogP contribution >= 0.6 is 0 Å². The van der Waals surface area contributed by atoms with E-state index in [4.69, 9.17) is 23.7 Å². The van der Waals surface area contributed by atoms with E-state index in [1.807, 2.05) is 6.92 Å². The minimum Gasteiger partial charge on any atom is -0.466 e. The summed E-state index contributed by atoms with van der Waals surface area (Å²) in [4.78, 5) is 37.5. The van der Waals surface area contributed by atoms with Gasteiger partial charge in [-0.2, -0.15) is 0 Å². The molecule has 0 amide bonds. The van der Waals surface area contributed by atoms with E-state index in [1.54, 1.807) is 19.9 Å². The Morgan fingerprint density at radius 3 is 2.53 bits per heavy atom. The van der Waals surface area contributed by atoms with Crippen LogP contribution in [-0.4, -0.2) is 72.3 Å². The molecule has 0 aromatic heterocycles. The molecule has 3 heterocycles. The van der Waals surface area contributed by atoms with Crippen molar-refractivity contribution in [3.05, 3.63) is 35.5 Å². The molecule has 0 unspecified atom stereocenters. The number of aliphatic hydroxyl groups excluding tert-OH is 1. The van der Waals surface area contributed by atoms with E-state index < -0.39 is 53.8 Å². The summed E-state index contributed by atoms with van der Waals surface area (Å²) in [5.41, 5.74) is -0.473. The average Bonchev–Trinajstić information content (AvgIpc) is 3.58. The van der Waals surface area contributed by atoms with Crippen LogP contribution in [0.1, 0.15) is 20.8 Å². The van der Waals surface area contributed by atoms with Crippen molar-refractivity contribution in [3.63, 3.8) is 0 Å². The maximum absolute atomic E-state index is 12.8. The third-order valence-corrected chi connectivity index (χ3v) is 6.20. The lowest BCUT2D eigenvalue weighted by Gasteiger charge is -2.31. The topological polar surface area (TPSA) is 124 Å². The van der Waals surface area contributed by atoms with Crippen LogP contribution in [0.4, 0.5) is 0 Å². The number of carbonyl (C=O) groups excluding carboxylic acids is 3. The first-order chi connectivity index (χ1) is 14.1. The predicted octanol–water partition coefficient (Wildman–Crippen LogP) is 0.361. The van der Waals surface area contributed by atoms with Crippen molar-refractivity contribution < 1.29 is 43.2 Å². The first-order valence-corrected chi connectivity index (χ1v) is 9.69. The van der Waals surface area contributed by atoms with E-state index in [-0.39, 0.29) is 23.4 Å². The molecule has 0 saturated carbocycles. The highest BCUT2D eigenvalue weighted by Crippen LogP contribution is 2.42. The number of carbonyl (C=O) groups is 3. The van der Waals surface area contributed by atoms with Crippen molar-refractivity contribution in [1.29, 1.82) is 0 Å². The first-order valence-electron chi connectivity index (χ1n) is 9.69. The lowest BCUT2D eigenvalue weighted by molar-refractivity contribution is -0.165. The Hall–Kier alpha value is -2.49. The van der Waals surface area contributed by atoms with Gasteiger partial charge in [-0.25, -0.2) is 14.4 Å². The number of rotatable bonds is 3. The third-order valence-electron chi connectivity index (χ3n) is 6.20. The van der Waals surface area contributed by atoms with Gasteiger partial charge in [0, 0.05) is 5.57 Å². The molecule has 8 atom stereocenters. The van der Waals surface area contributed by atoms with E-state index >= 15 is 0 Å². The molecule has 4 aliphatic rings. The largest absolute Gasteiger partial charge is 0.466 e. The van der Waals surface area contributed by atoms with Crippen molar-refractivity contribution in [2.75, 3.05) is 7.11 Å². The van der Waals surface area contributed by atoms with E-state index in [1.165, 1.54) is 13.2 Å². The molecule has 1 aliphatic carbocycles. The van der Waals surface area contributed by atoms with Gasteiger partial charge in [0.25, 0.3) is 0 Å². The maximum Gasteiger partial charge on any atom is 0.341 e. The van der Waals surface area contributed by atoms with Gasteiger partial charge in [-0.05, 0) is 38.5 Å². The molecular formula is C21H24O9. The molecule has 162 valence electrons. The van der Waals surface area contributed by atoms with Crippen LogP contribution in [-0.2, 0) is 38.1 Å². The minimum atomic E-state index is -1.60. The van der Waals surface area contributed by atoms with Crippen molar-refractivity contribution in [1.82, 2.24) is 0 Å². The summed E-state index contributed by atoms with van der Waals surface area (Å²) in [5.74, 6) is -3.09. The van der Waals surface area contributed by atoms with Crippen molar-refractivity contribution >= 4 is 17.9 Å². The van der Waals surface area contributed by atoms with Crippen molar-refractivity contribution in [2.24, 2.45) is 5.92 Å².